The molecule has 0 aliphatic rings. The monoisotopic (exact) mass is 256 g/mol. The van der Waals surface area contributed by atoms with Crippen molar-refractivity contribution in [3.8, 4) is 0 Å². The molecule has 72 valence electrons. The molecule has 0 saturated carbocycles. The summed E-state index contributed by atoms with van der Waals surface area (Å²) in [4.78, 5) is 14.4. The Hall–Kier alpha value is -1.63. The van der Waals surface area contributed by atoms with Crippen LogP contribution in [0.15, 0.2) is 22.9 Å². The van der Waals surface area contributed by atoms with Gasteiger partial charge in [0, 0.05) is 0 Å². The minimum absolute atomic E-state index is 0.253. The Labute approximate surface area is 86.7 Å². The fraction of sp³-hybridized carbons (Fsp3) is 0. The van der Waals surface area contributed by atoms with Gasteiger partial charge >= 0.3 is 6.09 Å². The molecular formula is C7H5BrN4O2. The number of rotatable bonds is 1. The third kappa shape index (κ3) is 1.53. The highest BCUT2D eigenvalue weighted by Crippen LogP contribution is 2.13. The van der Waals surface area contributed by atoms with E-state index < -0.39 is 6.09 Å². The highest BCUT2D eigenvalue weighted by Gasteiger charge is 2.04. The third-order valence-electron chi connectivity index (χ3n) is 1.56. The van der Waals surface area contributed by atoms with Crippen molar-refractivity contribution in [1.29, 1.82) is 0 Å². The molecule has 0 aliphatic carbocycles. The van der Waals surface area contributed by atoms with Crippen molar-refractivity contribution in [2.45, 2.75) is 0 Å². The Bertz CT molecular complexity index is 495. The van der Waals surface area contributed by atoms with Crippen LogP contribution in [0.2, 0.25) is 0 Å². The van der Waals surface area contributed by atoms with Crippen LogP contribution in [0.1, 0.15) is 0 Å². The molecule has 6 nitrogen and oxygen atoms in total. The van der Waals surface area contributed by atoms with Crippen molar-refractivity contribution in [3.05, 3.63) is 22.9 Å². The van der Waals surface area contributed by atoms with E-state index in [1.54, 1.807) is 18.3 Å². The molecule has 0 radical (unpaired) electrons. The van der Waals surface area contributed by atoms with E-state index in [1.165, 1.54) is 4.52 Å². The Kier molecular flexibility index (Phi) is 2.08. The molecule has 2 aromatic rings. The smallest absolute Gasteiger partial charge is 0.410 e. The zero-order chi connectivity index (χ0) is 10.1. The predicted octanol–water partition coefficient (Wildman–Crippen LogP) is 1.58. The third-order valence-corrected chi connectivity index (χ3v) is 2.10. The minimum atomic E-state index is -1.15. The maximum absolute atomic E-state index is 10.3. The molecule has 0 spiro atoms. The van der Waals surface area contributed by atoms with Crippen molar-refractivity contribution in [2.75, 3.05) is 5.32 Å². The fourth-order valence-electron chi connectivity index (χ4n) is 1.02. The van der Waals surface area contributed by atoms with Gasteiger partial charge in [-0.1, -0.05) is 0 Å². The molecule has 2 heterocycles. The number of nitrogens with one attached hydrogen (secondary N) is 1. The van der Waals surface area contributed by atoms with Crippen LogP contribution in [0.5, 0.6) is 0 Å². The summed E-state index contributed by atoms with van der Waals surface area (Å²) in [6, 6.07) is 3.21. The van der Waals surface area contributed by atoms with Crippen LogP contribution < -0.4 is 5.32 Å². The highest BCUT2D eigenvalue weighted by atomic mass is 79.9. The van der Waals surface area contributed by atoms with Crippen molar-refractivity contribution < 1.29 is 9.90 Å². The molecular weight excluding hydrogens is 252 g/mol. The van der Waals surface area contributed by atoms with Crippen LogP contribution in [0.3, 0.4) is 0 Å². The standard InChI is InChI=1S/C7H5BrN4O2/c8-4-3-9-6-2-1-5(10-7(13)14)11-12(4)6/h1-3H,(H,10,11)(H,13,14). The van der Waals surface area contributed by atoms with E-state index in [4.69, 9.17) is 5.11 Å². The molecule has 0 bridgehead atoms. The highest BCUT2D eigenvalue weighted by molar-refractivity contribution is 9.10. The second-order valence-electron chi connectivity index (χ2n) is 2.50. The lowest BCUT2D eigenvalue weighted by atomic mass is 10.5. The molecule has 0 fully saturated rings. The molecule has 0 atom stereocenters. The van der Waals surface area contributed by atoms with Crippen molar-refractivity contribution in [3.63, 3.8) is 0 Å². The van der Waals surface area contributed by atoms with Crippen LogP contribution in [0.25, 0.3) is 5.65 Å². The summed E-state index contributed by atoms with van der Waals surface area (Å²) in [6.45, 7) is 0. The molecule has 0 saturated heterocycles. The van der Waals surface area contributed by atoms with E-state index in [0.29, 0.717) is 10.3 Å². The van der Waals surface area contributed by atoms with Crippen LogP contribution >= 0.6 is 15.9 Å². The lowest BCUT2D eigenvalue weighted by Gasteiger charge is -2.00. The SMILES string of the molecule is O=C(O)Nc1ccc2ncc(Br)n2n1. The number of amides is 1. The number of imidazole rings is 1. The molecule has 2 N–H and O–H groups in total. The van der Waals surface area contributed by atoms with Crippen molar-refractivity contribution in [2.24, 2.45) is 0 Å². The molecule has 1 amide bonds. The number of aromatic nitrogens is 3. The number of hydrogen-bond donors (Lipinski definition) is 2. The molecule has 0 aromatic carbocycles. The van der Waals surface area contributed by atoms with Crippen LogP contribution in [-0.2, 0) is 0 Å². The molecule has 2 aromatic heterocycles. The van der Waals surface area contributed by atoms with Crippen LogP contribution in [-0.4, -0.2) is 25.8 Å². The first-order valence-corrected chi connectivity index (χ1v) is 4.46. The summed E-state index contributed by atoms with van der Waals surface area (Å²) in [6.07, 6.45) is 0.445. The zero-order valence-electron chi connectivity index (χ0n) is 6.81. The van der Waals surface area contributed by atoms with Gasteiger partial charge in [0.1, 0.15) is 4.60 Å². The maximum atomic E-state index is 10.3. The number of carboxylic acid groups (broad SMARTS) is 1. The Balaban J connectivity index is 2.49. The Morgan fingerprint density at radius 3 is 3.07 bits per heavy atom. The Morgan fingerprint density at radius 1 is 1.57 bits per heavy atom. The van der Waals surface area contributed by atoms with E-state index >= 15 is 0 Å². The lowest BCUT2D eigenvalue weighted by molar-refractivity contribution is 0.209. The van der Waals surface area contributed by atoms with E-state index in [9.17, 15) is 4.79 Å². The van der Waals surface area contributed by atoms with E-state index in [-0.39, 0.29) is 5.82 Å². The number of anilines is 1. The number of halogens is 1. The molecule has 7 heteroatoms. The quantitative estimate of drug-likeness (QED) is 0.812. The van der Waals surface area contributed by atoms with Gasteiger partial charge in [-0.15, -0.1) is 5.10 Å². The summed E-state index contributed by atoms with van der Waals surface area (Å²) in [5, 5.41) is 14.6. The maximum Gasteiger partial charge on any atom is 0.410 e. The van der Waals surface area contributed by atoms with E-state index in [1.807, 2.05) is 0 Å². The zero-order valence-corrected chi connectivity index (χ0v) is 8.39. The summed E-state index contributed by atoms with van der Waals surface area (Å²) < 4.78 is 2.16. The van der Waals surface area contributed by atoms with Crippen molar-refractivity contribution in [1.82, 2.24) is 14.6 Å². The average Bonchev–Trinajstić information content (AvgIpc) is 2.47. The van der Waals surface area contributed by atoms with Gasteiger partial charge in [-0.3, -0.25) is 5.32 Å². The molecule has 0 aliphatic heterocycles. The van der Waals surface area contributed by atoms with E-state index in [2.05, 4.69) is 31.3 Å². The van der Waals surface area contributed by atoms with Gasteiger partial charge in [0.25, 0.3) is 0 Å². The van der Waals surface area contributed by atoms with Gasteiger partial charge in [0.15, 0.2) is 11.5 Å². The van der Waals surface area contributed by atoms with Gasteiger partial charge in [-0.2, -0.15) is 0 Å². The molecule has 2 rings (SSSR count). The summed E-state index contributed by atoms with van der Waals surface area (Å²) in [5.41, 5.74) is 0.646. The first-order chi connectivity index (χ1) is 6.66. The second kappa shape index (κ2) is 3.26. The van der Waals surface area contributed by atoms with Crippen LogP contribution in [0, 0.1) is 0 Å². The first-order valence-electron chi connectivity index (χ1n) is 3.67. The molecule has 0 unspecified atom stereocenters. The average molecular weight is 257 g/mol. The van der Waals surface area contributed by atoms with Crippen molar-refractivity contribution >= 4 is 33.5 Å². The second-order valence-corrected chi connectivity index (χ2v) is 3.31. The lowest BCUT2D eigenvalue weighted by Crippen LogP contribution is -2.10. The van der Waals surface area contributed by atoms with E-state index in [0.717, 1.165) is 0 Å². The summed E-state index contributed by atoms with van der Waals surface area (Å²) >= 11 is 3.23. The summed E-state index contributed by atoms with van der Waals surface area (Å²) in [5.74, 6) is 0.253. The summed E-state index contributed by atoms with van der Waals surface area (Å²) in [7, 11) is 0. The molecule has 14 heavy (non-hydrogen) atoms. The van der Waals surface area contributed by atoms with Gasteiger partial charge in [-0.25, -0.2) is 14.3 Å². The van der Waals surface area contributed by atoms with Gasteiger partial charge in [0.05, 0.1) is 6.20 Å². The predicted molar refractivity (Wildman–Crippen MR) is 52.3 cm³/mol. The Morgan fingerprint density at radius 2 is 2.36 bits per heavy atom. The first kappa shape index (κ1) is 8.95. The van der Waals surface area contributed by atoms with Gasteiger partial charge in [-0.05, 0) is 28.1 Å². The number of hydrogen-bond acceptors (Lipinski definition) is 3. The van der Waals surface area contributed by atoms with Gasteiger partial charge < -0.3 is 5.11 Å². The number of carbonyl (C=O) groups is 1. The minimum Gasteiger partial charge on any atom is -0.465 e. The normalized spacial score (nSPS) is 10.4. The largest absolute Gasteiger partial charge is 0.465 e. The van der Waals surface area contributed by atoms with Crippen LogP contribution in [0.4, 0.5) is 10.6 Å². The topological polar surface area (TPSA) is 79.5 Å². The number of nitrogens with zero attached hydrogens (tertiary/aromatic N) is 3. The fourth-order valence-corrected chi connectivity index (χ4v) is 1.38. The number of fused-ring (bicyclic) bond motifs is 1. The van der Waals surface area contributed by atoms with Gasteiger partial charge in [0.2, 0.25) is 0 Å².